The zero-order chi connectivity index (χ0) is 13.5. The summed E-state index contributed by atoms with van der Waals surface area (Å²) in [4.78, 5) is 24.3. The fourth-order valence-electron chi connectivity index (χ4n) is 2.36. The predicted molar refractivity (Wildman–Crippen MR) is 67.4 cm³/mol. The van der Waals surface area contributed by atoms with Gasteiger partial charge in [-0.25, -0.2) is 9.59 Å². The maximum absolute atomic E-state index is 12.0. The van der Waals surface area contributed by atoms with Crippen molar-refractivity contribution in [1.29, 1.82) is 0 Å². The molecular formula is C13H23NO4. The second-order valence-electron chi connectivity index (χ2n) is 4.77. The molecule has 0 saturated carbocycles. The van der Waals surface area contributed by atoms with Crippen molar-refractivity contribution in [2.45, 2.75) is 64.5 Å². The Labute approximate surface area is 108 Å². The van der Waals surface area contributed by atoms with Crippen LogP contribution in [0.15, 0.2) is 0 Å². The largest absolute Gasteiger partial charge is 0.480 e. The lowest BCUT2D eigenvalue weighted by Crippen LogP contribution is -2.42. The highest BCUT2D eigenvalue weighted by Gasteiger charge is 2.35. The van der Waals surface area contributed by atoms with Crippen LogP contribution >= 0.6 is 0 Å². The average Bonchev–Trinajstić information content (AvgIpc) is 2.78. The fraction of sp³-hybridized carbons (Fsp3) is 0.846. The highest BCUT2D eigenvalue weighted by atomic mass is 16.6. The fourth-order valence-corrected chi connectivity index (χ4v) is 2.36. The summed E-state index contributed by atoms with van der Waals surface area (Å²) < 4.78 is 5.42. The van der Waals surface area contributed by atoms with E-state index in [9.17, 15) is 9.59 Å². The van der Waals surface area contributed by atoms with Crippen LogP contribution in [-0.2, 0) is 9.53 Å². The Morgan fingerprint density at radius 2 is 1.94 bits per heavy atom. The van der Waals surface area contributed by atoms with Crippen LogP contribution in [0.25, 0.3) is 0 Å². The maximum atomic E-state index is 12.0. The molecule has 5 nitrogen and oxygen atoms in total. The van der Waals surface area contributed by atoms with Gasteiger partial charge in [0, 0.05) is 6.54 Å². The molecule has 1 aliphatic heterocycles. The molecule has 0 unspecified atom stereocenters. The molecule has 0 spiro atoms. The van der Waals surface area contributed by atoms with Gasteiger partial charge in [0.2, 0.25) is 0 Å². The van der Waals surface area contributed by atoms with E-state index in [1.165, 1.54) is 4.90 Å². The second-order valence-corrected chi connectivity index (χ2v) is 4.77. The number of carbonyl (C=O) groups excluding carboxylic acids is 1. The standard InChI is InChI=1S/C13H23NO4/c1-3-6-10(7-4-2)18-13(17)14-9-5-8-11(14)12(15)16/h10-11H,3-9H2,1-2H3,(H,15,16)/t11-/m0/s1. The van der Waals surface area contributed by atoms with Gasteiger partial charge in [0.1, 0.15) is 12.1 Å². The van der Waals surface area contributed by atoms with Gasteiger partial charge in [0.15, 0.2) is 0 Å². The molecule has 1 fully saturated rings. The molecule has 0 aliphatic carbocycles. The molecule has 1 atom stereocenters. The summed E-state index contributed by atoms with van der Waals surface area (Å²) in [5, 5.41) is 9.02. The van der Waals surface area contributed by atoms with Crippen LogP contribution < -0.4 is 0 Å². The smallest absolute Gasteiger partial charge is 0.410 e. The summed E-state index contributed by atoms with van der Waals surface area (Å²) in [5.41, 5.74) is 0. The van der Waals surface area contributed by atoms with Gasteiger partial charge < -0.3 is 9.84 Å². The molecule has 5 heteroatoms. The van der Waals surface area contributed by atoms with E-state index < -0.39 is 18.1 Å². The van der Waals surface area contributed by atoms with Crippen molar-refractivity contribution in [1.82, 2.24) is 4.90 Å². The normalized spacial score (nSPS) is 19.3. The first kappa shape index (κ1) is 14.8. The minimum Gasteiger partial charge on any atom is -0.480 e. The van der Waals surface area contributed by atoms with Gasteiger partial charge in [0.05, 0.1) is 0 Å². The third-order valence-corrected chi connectivity index (χ3v) is 3.26. The topological polar surface area (TPSA) is 66.8 Å². The number of hydrogen-bond donors (Lipinski definition) is 1. The summed E-state index contributed by atoms with van der Waals surface area (Å²) in [6, 6.07) is -0.707. The van der Waals surface area contributed by atoms with Crippen LogP contribution in [-0.4, -0.2) is 40.8 Å². The van der Waals surface area contributed by atoms with Gasteiger partial charge >= 0.3 is 12.1 Å². The zero-order valence-corrected chi connectivity index (χ0v) is 11.2. The molecule has 0 aromatic heterocycles. The van der Waals surface area contributed by atoms with Gasteiger partial charge in [-0.1, -0.05) is 26.7 Å². The third-order valence-electron chi connectivity index (χ3n) is 3.26. The average molecular weight is 257 g/mol. The summed E-state index contributed by atoms with van der Waals surface area (Å²) in [5.74, 6) is -0.938. The molecule has 1 amide bonds. The molecule has 18 heavy (non-hydrogen) atoms. The number of aliphatic carboxylic acids is 1. The molecule has 1 N–H and O–H groups in total. The second kappa shape index (κ2) is 7.24. The number of ether oxygens (including phenoxy) is 1. The SMILES string of the molecule is CCCC(CCC)OC(=O)N1CCC[C@H]1C(=O)O. The van der Waals surface area contributed by atoms with E-state index >= 15 is 0 Å². The monoisotopic (exact) mass is 257 g/mol. The van der Waals surface area contributed by atoms with Crippen molar-refractivity contribution >= 4 is 12.1 Å². The Morgan fingerprint density at radius 1 is 1.33 bits per heavy atom. The molecule has 1 aliphatic rings. The summed E-state index contributed by atoms with van der Waals surface area (Å²) in [7, 11) is 0. The zero-order valence-electron chi connectivity index (χ0n) is 11.2. The highest BCUT2D eigenvalue weighted by Crippen LogP contribution is 2.20. The van der Waals surface area contributed by atoms with Crippen LogP contribution in [0, 0.1) is 0 Å². The Balaban J connectivity index is 2.54. The van der Waals surface area contributed by atoms with Crippen LogP contribution in [0.1, 0.15) is 52.4 Å². The molecule has 1 saturated heterocycles. The van der Waals surface area contributed by atoms with Crippen molar-refractivity contribution in [3.63, 3.8) is 0 Å². The Kier molecular flexibility index (Phi) is 5.95. The van der Waals surface area contributed by atoms with Crippen molar-refractivity contribution in [3.05, 3.63) is 0 Å². The predicted octanol–water partition coefficient (Wildman–Crippen LogP) is 2.64. The number of carboxylic acid groups (broad SMARTS) is 1. The minimum atomic E-state index is -0.938. The first-order chi connectivity index (χ1) is 8.60. The van der Waals surface area contributed by atoms with E-state index in [-0.39, 0.29) is 6.10 Å². The van der Waals surface area contributed by atoms with Crippen LogP contribution in [0.4, 0.5) is 4.79 Å². The number of hydrogen-bond acceptors (Lipinski definition) is 3. The van der Waals surface area contributed by atoms with Gasteiger partial charge in [-0.2, -0.15) is 0 Å². The maximum Gasteiger partial charge on any atom is 0.410 e. The van der Waals surface area contributed by atoms with E-state index in [1.807, 2.05) is 13.8 Å². The molecule has 1 rings (SSSR count). The number of amides is 1. The van der Waals surface area contributed by atoms with Crippen molar-refractivity contribution in [2.75, 3.05) is 6.54 Å². The van der Waals surface area contributed by atoms with Crippen LogP contribution in [0.3, 0.4) is 0 Å². The highest BCUT2D eigenvalue weighted by molar-refractivity contribution is 5.80. The molecule has 104 valence electrons. The molecule has 0 bridgehead atoms. The van der Waals surface area contributed by atoms with E-state index in [0.717, 1.165) is 32.1 Å². The Morgan fingerprint density at radius 3 is 2.44 bits per heavy atom. The quantitative estimate of drug-likeness (QED) is 0.794. The van der Waals surface area contributed by atoms with Crippen LogP contribution in [0.2, 0.25) is 0 Å². The number of nitrogens with zero attached hydrogens (tertiary/aromatic N) is 1. The molecule has 0 radical (unpaired) electrons. The lowest BCUT2D eigenvalue weighted by molar-refractivity contribution is -0.141. The third kappa shape index (κ3) is 3.89. The number of rotatable bonds is 6. The van der Waals surface area contributed by atoms with Gasteiger partial charge in [-0.3, -0.25) is 4.90 Å². The summed E-state index contributed by atoms with van der Waals surface area (Å²) in [6.07, 6.45) is 4.31. The number of likely N-dealkylation sites (tertiary alicyclic amines) is 1. The molecule has 0 aromatic rings. The summed E-state index contributed by atoms with van der Waals surface area (Å²) >= 11 is 0. The van der Waals surface area contributed by atoms with E-state index in [2.05, 4.69) is 0 Å². The van der Waals surface area contributed by atoms with Crippen LogP contribution in [0.5, 0.6) is 0 Å². The van der Waals surface area contributed by atoms with Crippen molar-refractivity contribution < 1.29 is 19.4 Å². The Bertz CT molecular complexity index is 287. The van der Waals surface area contributed by atoms with Gasteiger partial charge in [-0.05, 0) is 25.7 Å². The van der Waals surface area contributed by atoms with E-state index in [4.69, 9.17) is 9.84 Å². The Hall–Kier alpha value is -1.26. The summed E-state index contributed by atoms with van der Waals surface area (Å²) in [6.45, 7) is 4.58. The lowest BCUT2D eigenvalue weighted by atomic mass is 10.1. The minimum absolute atomic E-state index is 0.0810. The molecule has 0 aromatic carbocycles. The van der Waals surface area contributed by atoms with E-state index in [0.29, 0.717) is 13.0 Å². The van der Waals surface area contributed by atoms with E-state index in [1.54, 1.807) is 0 Å². The number of carboxylic acids is 1. The van der Waals surface area contributed by atoms with Crippen molar-refractivity contribution in [2.24, 2.45) is 0 Å². The van der Waals surface area contributed by atoms with Crippen molar-refractivity contribution in [3.8, 4) is 0 Å². The lowest BCUT2D eigenvalue weighted by Gasteiger charge is -2.24. The molecular weight excluding hydrogens is 234 g/mol. The number of carbonyl (C=O) groups is 2. The first-order valence-electron chi connectivity index (χ1n) is 6.80. The van der Waals surface area contributed by atoms with Gasteiger partial charge in [-0.15, -0.1) is 0 Å². The molecule has 1 heterocycles. The first-order valence-corrected chi connectivity index (χ1v) is 6.80. The van der Waals surface area contributed by atoms with Gasteiger partial charge in [0.25, 0.3) is 0 Å².